The summed E-state index contributed by atoms with van der Waals surface area (Å²) in [7, 11) is -1.55. The molecule has 24 heavy (non-hydrogen) atoms. The van der Waals surface area contributed by atoms with Crippen molar-refractivity contribution >= 4 is 33.2 Å². The number of amides is 1. The molecule has 0 bridgehead atoms. The van der Waals surface area contributed by atoms with Gasteiger partial charge in [0, 0.05) is 26.7 Å². The number of piperidine rings is 1. The van der Waals surface area contributed by atoms with Crippen LogP contribution in [-0.2, 0) is 30.9 Å². The van der Waals surface area contributed by atoms with Crippen LogP contribution in [0, 0.1) is 5.92 Å². The summed E-state index contributed by atoms with van der Waals surface area (Å²) in [6, 6.07) is 1.94. The first-order valence-electron chi connectivity index (χ1n) is 7.64. The molecule has 9 heteroatoms. The van der Waals surface area contributed by atoms with Crippen molar-refractivity contribution in [3.05, 3.63) is 22.4 Å². The molecule has 1 amide bonds. The summed E-state index contributed by atoms with van der Waals surface area (Å²) in [6.07, 6.45) is 2.00. The Hall–Kier alpha value is -1.45. The lowest BCUT2D eigenvalue weighted by Gasteiger charge is -2.29. The Kier molecular flexibility index (Phi) is 6.36. The van der Waals surface area contributed by atoms with Gasteiger partial charge < -0.3 is 9.64 Å². The van der Waals surface area contributed by atoms with Gasteiger partial charge in [-0.2, -0.15) is 11.3 Å². The minimum absolute atomic E-state index is 0.261. The second-order valence-electron chi connectivity index (χ2n) is 5.93. The van der Waals surface area contributed by atoms with Crippen LogP contribution in [0.1, 0.15) is 18.4 Å². The van der Waals surface area contributed by atoms with Crippen molar-refractivity contribution < 1.29 is 22.7 Å². The van der Waals surface area contributed by atoms with E-state index in [0.717, 1.165) is 11.8 Å². The van der Waals surface area contributed by atoms with Gasteiger partial charge in [0.1, 0.15) is 0 Å². The maximum absolute atomic E-state index is 12.0. The number of rotatable bonds is 6. The summed E-state index contributed by atoms with van der Waals surface area (Å²) in [4.78, 5) is 25.6. The molecule has 134 valence electrons. The van der Waals surface area contributed by atoms with Crippen LogP contribution in [0.3, 0.4) is 0 Å². The van der Waals surface area contributed by atoms with E-state index in [0.29, 0.717) is 32.5 Å². The fourth-order valence-corrected chi connectivity index (χ4v) is 4.06. The van der Waals surface area contributed by atoms with Crippen LogP contribution < -0.4 is 0 Å². The molecule has 0 spiro atoms. The summed E-state index contributed by atoms with van der Waals surface area (Å²) in [5.74, 6) is -1.04. The maximum Gasteiger partial charge on any atom is 0.309 e. The van der Waals surface area contributed by atoms with Crippen molar-refractivity contribution in [3.63, 3.8) is 0 Å². The molecule has 0 unspecified atom stereocenters. The number of ether oxygens (including phenoxy) is 1. The summed E-state index contributed by atoms with van der Waals surface area (Å²) in [5.41, 5.74) is 1.04. The number of hydrogen-bond acceptors (Lipinski definition) is 6. The quantitative estimate of drug-likeness (QED) is 0.692. The predicted octanol–water partition coefficient (Wildman–Crippen LogP) is 0.921. The maximum atomic E-state index is 12.0. The lowest BCUT2D eigenvalue weighted by atomic mass is 9.98. The SMILES string of the molecule is CN(Cc1ccsc1)C(=O)COC(=O)C1CCN(S(C)(=O)=O)CC1. The highest BCUT2D eigenvalue weighted by atomic mass is 32.2. The third-order valence-electron chi connectivity index (χ3n) is 4.02. The number of thiophene rings is 1. The second-order valence-corrected chi connectivity index (χ2v) is 8.69. The molecule has 0 N–H and O–H groups in total. The molecule has 0 aliphatic carbocycles. The first kappa shape index (κ1) is 18.9. The Labute approximate surface area is 146 Å². The lowest BCUT2D eigenvalue weighted by Crippen LogP contribution is -2.40. The highest BCUT2D eigenvalue weighted by Crippen LogP contribution is 2.20. The molecule has 0 saturated carbocycles. The molecule has 2 rings (SSSR count). The van der Waals surface area contributed by atoms with Crippen LogP contribution in [-0.4, -0.2) is 62.5 Å². The number of hydrogen-bond donors (Lipinski definition) is 0. The topological polar surface area (TPSA) is 84.0 Å². The van der Waals surface area contributed by atoms with Crippen molar-refractivity contribution in [2.75, 3.05) is 33.0 Å². The Bertz CT molecular complexity index is 664. The third kappa shape index (κ3) is 5.29. The summed E-state index contributed by atoms with van der Waals surface area (Å²) in [6.45, 7) is 0.813. The number of esters is 1. The fourth-order valence-electron chi connectivity index (χ4n) is 2.53. The van der Waals surface area contributed by atoms with E-state index in [1.807, 2.05) is 16.8 Å². The minimum atomic E-state index is -3.22. The number of carbonyl (C=O) groups excluding carboxylic acids is 2. The van der Waals surface area contributed by atoms with Gasteiger partial charge >= 0.3 is 5.97 Å². The molecular formula is C15H22N2O5S2. The monoisotopic (exact) mass is 374 g/mol. The molecule has 1 saturated heterocycles. The highest BCUT2D eigenvalue weighted by Gasteiger charge is 2.30. The Morgan fingerprint density at radius 2 is 2.04 bits per heavy atom. The fraction of sp³-hybridized carbons (Fsp3) is 0.600. The molecule has 1 aliphatic rings. The number of likely N-dealkylation sites (N-methyl/N-ethyl adjacent to an activating group) is 1. The highest BCUT2D eigenvalue weighted by molar-refractivity contribution is 7.88. The van der Waals surface area contributed by atoms with E-state index in [1.54, 1.807) is 18.4 Å². The van der Waals surface area contributed by atoms with Crippen LogP contribution in [0.25, 0.3) is 0 Å². The lowest BCUT2D eigenvalue weighted by molar-refractivity contribution is -0.156. The molecule has 1 fully saturated rings. The van der Waals surface area contributed by atoms with Gasteiger partial charge in [-0.3, -0.25) is 9.59 Å². The zero-order valence-corrected chi connectivity index (χ0v) is 15.4. The Morgan fingerprint density at radius 1 is 1.38 bits per heavy atom. The molecule has 7 nitrogen and oxygen atoms in total. The van der Waals surface area contributed by atoms with Crippen LogP contribution >= 0.6 is 11.3 Å². The first-order valence-corrected chi connectivity index (χ1v) is 10.4. The Morgan fingerprint density at radius 3 is 2.58 bits per heavy atom. The molecule has 2 heterocycles. The molecule has 0 atom stereocenters. The zero-order valence-electron chi connectivity index (χ0n) is 13.8. The van der Waals surface area contributed by atoms with Gasteiger partial charge in [-0.25, -0.2) is 12.7 Å². The first-order chi connectivity index (χ1) is 11.3. The van der Waals surface area contributed by atoms with Crippen LogP contribution in [0.15, 0.2) is 16.8 Å². The average molecular weight is 374 g/mol. The van der Waals surface area contributed by atoms with Crippen molar-refractivity contribution in [2.24, 2.45) is 5.92 Å². The zero-order chi connectivity index (χ0) is 17.7. The van der Waals surface area contributed by atoms with Gasteiger partial charge in [-0.1, -0.05) is 0 Å². The largest absolute Gasteiger partial charge is 0.455 e. The molecule has 1 aliphatic heterocycles. The summed E-state index contributed by atoms with van der Waals surface area (Å²) < 4.78 is 29.4. The molecule has 0 aromatic carbocycles. The van der Waals surface area contributed by atoms with Crippen LogP contribution in [0.2, 0.25) is 0 Å². The van der Waals surface area contributed by atoms with Crippen LogP contribution in [0.5, 0.6) is 0 Å². The van der Waals surface area contributed by atoms with E-state index in [2.05, 4.69) is 0 Å². The number of carbonyl (C=O) groups is 2. The normalized spacial score (nSPS) is 16.8. The Balaban J connectivity index is 1.74. The van der Waals surface area contributed by atoms with E-state index in [9.17, 15) is 18.0 Å². The van der Waals surface area contributed by atoms with Gasteiger partial charge in [0.15, 0.2) is 6.61 Å². The predicted molar refractivity (Wildman–Crippen MR) is 90.9 cm³/mol. The van der Waals surface area contributed by atoms with Gasteiger partial charge in [-0.15, -0.1) is 0 Å². The van der Waals surface area contributed by atoms with Crippen molar-refractivity contribution in [1.29, 1.82) is 0 Å². The van der Waals surface area contributed by atoms with Crippen LogP contribution in [0.4, 0.5) is 0 Å². The average Bonchev–Trinajstić information content (AvgIpc) is 3.04. The summed E-state index contributed by atoms with van der Waals surface area (Å²) in [5, 5.41) is 3.90. The van der Waals surface area contributed by atoms with E-state index >= 15 is 0 Å². The van der Waals surface area contributed by atoms with E-state index < -0.39 is 16.0 Å². The van der Waals surface area contributed by atoms with Gasteiger partial charge in [0.2, 0.25) is 10.0 Å². The van der Waals surface area contributed by atoms with E-state index in [-0.39, 0.29) is 18.4 Å². The van der Waals surface area contributed by atoms with Crippen molar-refractivity contribution in [3.8, 4) is 0 Å². The minimum Gasteiger partial charge on any atom is -0.455 e. The standard InChI is InChI=1S/C15H22N2O5S2/c1-16(9-12-5-8-23-11-12)14(18)10-22-15(19)13-3-6-17(7-4-13)24(2,20)21/h5,8,11,13H,3-4,6-7,9-10H2,1-2H3. The summed E-state index contributed by atoms with van der Waals surface area (Å²) >= 11 is 1.56. The van der Waals surface area contributed by atoms with E-state index in [4.69, 9.17) is 4.74 Å². The van der Waals surface area contributed by atoms with Gasteiger partial charge in [-0.05, 0) is 35.2 Å². The van der Waals surface area contributed by atoms with Gasteiger partial charge in [0.05, 0.1) is 12.2 Å². The molecule has 0 radical (unpaired) electrons. The second kappa shape index (κ2) is 8.09. The molecular weight excluding hydrogens is 352 g/mol. The van der Waals surface area contributed by atoms with Crippen molar-refractivity contribution in [2.45, 2.75) is 19.4 Å². The van der Waals surface area contributed by atoms with Crippen molar-refractivity contribution in [1.82, 2.24) is 9.21 Å². The van der Waals surface area contributed by atoms with E-state index in [1.165, 1.54) is 9.21 Å². The number of sulfonamides is 1. The third-order valence-corrected chi connectivity index (χ3v) is 6.06. The van der Waals surface area contributed by atoms with Gasteiger partial charge in [0.25, 0.3) is 5.91 Å². The molecule has 1 aromatic heterocycles. The number of nitrogens with zero attached hydrogens (tertiary/aromatic N) is 2. The molecule has 1 aromatic rings. The smallest absolute Gasteiger partial charge is 0.309 e.